The second-order valence-corrected chi connectivity index (χ2v) is 4.68. The summed E-state index contributed by atoms with van der Waals surface area (Å²) in [5, 5.41) is 0. The fraction of sp³-hybridized carbons (Fsp3) is 1.00. The molecule has 0 unspecified atom stereocenters. The maximum absolute atomic E-state index is 5.54. The van der Waals surface area contributed by atoms with Gasteiger partial charge >= 0.3 is 67.9 Å². The van der Waals surface area contributed by atoms with Crippen LogP contribution in [0, 0.1) is 11.8 Å². The third kappa shape index (κ3) is 2.08. The molecule has 1 aliphatic rings. The summed E-state index contributed by atoms with van der Waals surface area (Å²) >= 11 is 0.0873. The molecule has 0 amide bonds. The second kappa shape index (κ2) is 3.76. The van der Waals surface area contributed by atoms with Crippen LogP contribution in [-0.2, 0) is 0 Å². The van der Waals surface area contributed by atoms with E-state index in [2.05, 4.69) is 6.92 Å². The third-order valence-corrected chi connectivity index (χ3v) is 3.97. The van der Waals surface area contributed by atoms with Gasteiger partial charge in [0.25, 0.3) is 0 Å². The zero-order valence-corrected chi connectivity index (χ0v) is 8.10. The molecule has 56 valence electrons. The van der Waals surface area contributed by atoms with Gasteiger partial charge in [0.2, 0.25) is 0 Å². The van der Waals surface area contributed by atoms with E-state index >= 15 is 0 Å². The Kier molecular flexibility index (Phi) is 3.26. The van der Waals surface area contributed by atoms with E-state index in [0.29, 0.717) is 0 Å². The van der Waals surface area contributed by atoms with Crippen molar-refractivity contribution in [3.05, 3.63) is 0 Å². The van der Waals surface area contributed by atoms with Crippen LogP contribution in [0.15, 0.2) is 0 Å². The Morgan fingerprint density at radius 1 is 1.44 bits per heavy atom. The molecule has 0 aromatic carbocycles. The molecule has 0 radical (unpaired) electrons. The van der Waals surface area contributed by atoms with Crippen molar-refractivity contribution in [3.63, 3.8) is 0 Å². The van der Waals surface area contributed by atoms with E-state index in [1.54, 1.807) is 0 Å². The number of alkyl halides is 1. The molecule has 0 saturated heterocycles. The Labute approximate surface area is 68.0 Å². The van der Waals surface area contributed by atoms with Gasteiger partial charge in [-0.15, -0.1) is 0 Å². The molecule has 9 heavy (non-hydrogen) atoms. The molecule has 1 rings (SSSR count). The van der Waals surface area contributed by atoms with Crippen LogP contribution in [0.4, 0.5) is 0 Å². The van der Waals surface area contributed by atoms with Gasteiger partial charge in [-0.3, -0.25) is 0 Å². The van der Waals surface area contributed by atoms with Crippen LogP contribution in [0.2, 0.25) is 0 Å². The minimum absolute atomic E-state index is 0.0873. The van der Waals surface area contributed by atoms with Gasteiger partial charge in [-0.1, -0.05) is 0 Å². The van der Waals surface area contributed by atoms with Crippen molar-refractivity contribution in [2.24, 2.45) is 15.8 Å². The predicted octanol–water partition coefficient (Wildman–Crippen LogP) is -1.61. The Balaban J connectivity index is 1.98. The first-order chi connectivity index (χ1) is 4.36. The van der Waals surface area contributed by atoms with E-state index in [4.69, 9.17) is 3.95 Å². The summed E-state index contributed by atoms with van der Waals surface area (Å²) < 4.78 is 6.91. The van der Waals surface area contributed by atoms with Gasteiger partial charge < -0.3 is 0 Å². The first kappa shape index (κ1) is 7.79. The van der Waals surface area contributed by atoms with Gasteiger partial charge in [0.1, 0.15) is 0 Å². The van der Waals surface area contributed by atoms with E-state index in [1.165, 1.54) is 23.7 Å². The number of halogens is 1. The molecule has 1 saturated carbocycles. The molecule has 0 aromatic rings. The van der Waals surface area contributed by atoms with Crippen molar-refractivity contribution in [2.45, 2.75) is 26.2 Å². The van der Waals surface area contributed by atoms with Crippen LogP contribution in [0.1, 0.15) is 26.2 Å². The Morgan fingerprint density at radius 2 is 2.11 bits per heavy atom. The average molecular weight is 240 g/mol. The first-order valence-electron chi connectivity index (χ1n) is 3.64. The fourth-order valence-electron chi connectivity index (χ4n) is 1.46. The average Bonchev–Trinajstić information content (AvgIpc) is 1.77. The molecular formula is C7H15IN-. The van der Waals surface area contributed by atoms with E-state index in [0.717, 1.165) is 11.8 Å². The van der Waals surface area contributed by atoms with Crippen LogP contribution < -0.4 is 25.4 Å². The fourth-order valence-corrected chi connectivity index (χ4v) is 2.90. The predicted molar refractivity (Wildman–Crippen MR) is 35.6 cm³/mol. The standard InChI is InChI=1S/C7H15IN/c1-2-6-3-7(4-6)5-8-9/h6-7H,2-5,9H2,1H3/q-1. The third-order valence-electron chi connectivity index (χ3n) is 2.22. The van der Waals surface area contributed by atoms with Crippen molar-refractivity contribution in [3.8, 4) is 0 Å². The van der Waals surface area contributed by atoms with Gasteiger partial charge in [0, 0.05) is 0 Å². The van der Waals surface area contributed by atoms with Crippen LogP contribution >= 0.6 is 0 Å². The first-order valence-corrected chi connectivity index (χ1v) is 6.41. The normalized spacial score (nSPS) is 34.4. The van der Waals surface area contributed by atoms with Gasteiger partial charge in [-0.25, -0.2) is 0 Å². The summed E-state index contributed by atoms with van der Waals surface area (Å²) in [6.07, 6.45) is 4.35. The zero-order valence-electron chi connectivity index (χ0n) is 5.94. The summed E-state index contributed by atoms with van der Waals surface area (Å²) in [4.78, 5) is 0. The molecule has 2 N–H and O–H groups in total. The van der Waals surface area contributed by atoms with E-state index in [-0.39, 0.29) is 21.5 Å². The van der Waals surface area contributed by atoms with Gasteiger partial charge in [0.05, 0.1) is 0 Å². The number of nitrogens with two attached hydrogens (primary N) is 1. The van der Waals surface area contributed by atoms with E-state index in [9.17, 15) is 0 Å². The van der Waals surface area contributed by atoms with Crippen molar-refractivity contribution < 1.29 is 21.5 Å². The summed E-state index contributed by atoms with van der Waals surface area (Å²) in [7, 11) is 0. The van der Waals surface area contributed by atoms with Crippen LogP contribution in [0.25, 0.3) is 0 Å². The van der Waals surface area contributed by atoms with Crippen LogP contribution in [0.3, 0.4) is 0 Å². The maximum atomic E-state index is 5.54. The van der Waals surface area contributed by atoms with Crippen molar-refractivity contribution in [1.82, 2.24) is 0 Å². The van der Waals surface area contributed by atoms with E-state index in [1.807, 2.05) is 0 Å². The number of rotatable bonds is 3. The number of hydrogen-bond donors (Lipinski definition) is 1. The molecule has 1 aliphatic carbocycles. The molecule has 0 aromatic heterocycles. The minimum atomic E-state index is 0.0873. The molecule has 0 spiro atoms. The SMILES string of the molecule is CCC1CC(C[I-]N)C1. The molecule has 2 heteroatoms. The molecule has 0 bridgehead atoms. The Morgan fingerprint density at radius 3 is 2.56 bits per heavy atom. The van der Waals surface area contributed by atoms with Gasteiger partial charge in [-0.05, 0) is 0 Å². The topological polar surface area (TPSA) is 26.0 Å². The molecule has 0 aliphatic heterocycles. The van der Waals surface area contributed by atoms with E-state index < -0.39 is 0 Å². The second-order valence-electron chi connectivity index (χ2n) is 2.92. The molecule has 1 nitrogen and oxygen atoms in total. The summed E-state index contributed by atoms with van der Waals surface area (Å²) in [6, 6.07) is 0. The van der Waals surface area contributed by atoms with Gasteiger partial charge in [-0.2, -0.15) is 0 Å². The quantitative estimate of drug-likeness (QED) is 0.358. The molecule has 1 fully saturated rings. The summed E-state index contributed by atoms with van der Waals surface area (Å²) in [5.74, 6) is 2.10. The van der Waals surface area contributed by atoms with Crippen molar-refractivity contribution in [2.75, 3.05) is 4.43 Å². The van der Waals surface area contributed by atoms with Crippen LogP contribution in [0.5, 0.6) is 0 Å². The Hall–Kier alpha value is 0.690. The number of hydrogen-bond acceptors (Lipinski definition) is 1. The van der Waals surface area contributed by atoms with Crippen molar-refractivity contribution >= 4 is 0 Å². The van der Waals surface area contributed by atoms with Gasteiger partial charge in [0.15, 0.2) is 0 Å². The monoisotopic (exact) mass is 240 g/mol. The van der Waals surface area contributed by atoms with Crippen molar-refractivity contribution in [1.29, 1.82) is 0 Å². The zero-order chi connectivity index (χ0) is 6.69. The van der Waals surface area contributed by atoms with Crippen LogP contribution in [-0.4, -0.2) is 4.43 Å². The molecule has 0 atom stereocenters. The summed E-state index contributed by atoms with van der Waals surface area (Å²) in [6.45, 7) is 2.29. The summed E-state index contributed by atoms with van der Waals surface area (Å²) in [5.41, 5.74) is 0. The molecular weight excluding hydrogens is 225 g/mol. The molecule has 0 heterocycles. The Bertz CT molecular complexity index is 79.0.